The lowest BCUT2D eigenvalue weighted by molar-refractivity contribution is 0.0612. The first-order valence-corrected chi connectivity index (χ1v) is 10.4. The number of nitrogens with zero attached hydrogens (tertiary/aromatic N) is 3. The number of likely N-dealkylation sites (tertiary alicyclic amines) is 1. The van der Waals surface area contributed by atoms with Gasteiger partial charge in [-0.05, 0) is 60.2 Å². The van der Waals surface area contributed by atoms with Gasteiger partial charge in [0.2, 0.25) is 0 Å². The van der Waals surface area contributed by atoms with Crippen LogP contribution in [-0.2, 0) is 6.61 Å². The quantitative estimate of drug-likeness (QED) is 0.587. The lowest BCUT2D eigenvalue weighted by atomic mass is 9.92. The molecule has 2 heterocycles. The summed E-state index contributed by atoms with van der Waals surface area (Å²) in [6, 6.07) is 11.9. The molecule has 7 heteroatoms. The monoisotopic (exact) mass is 425 g/mol. The van der Waals surface area contributed by atoms with Crippen molar-refractivity contribution in [3.05, 3.63) is 77.6 Å². The zero-order valence-electron chi connectivity index (χ0n) is 17.6. The number of halogens is 2. The van der Waals surface area contributed by atoms with E-state index in [0.717, 1.165) is 12.0 Å². The summed E-state index contributed by atoms with van der Waals surface area (Å²) in [5.41, 5.74) is 1.61. The van der Waals surface area contributed by atoms with Crippen molar-refractivity contribution in [3.8, 4) is 11.4 Å². The molecular formula is C24H25F2N3O2. The molecule has 5 nitrogen and oxygen atoms in total. The fraction of sp³-hybridized carbons (Fsp3) is 0.333. The number of aromatic nitrogens is 2. The fourth-order valence-electron chi connectivity index (χ4n) is 4.06. The predicted octanol–water partition coefficient (Wildman–Crippen LogP) is 4.85. The molecule has 31 heavy (non-hydrogen) atoms. The topological polar surface area (TPSA) is 47.4 Å². The van der Waals surface area contributed by atoms with Crippen molar-refractivity contribution in [2.24, 2.45) is 11.8 Å². The highest BCUT2D eigenvalue weighted by Gasteiger charge is 2.30. The minimum Gasteiger partial charge on any atom is -0.485 e. The number of piperidine rings is 1. The fourth-order valence-corrected chi connectivity index (χ4v) is 4.06. The summed E-state index contributed by atoms with van der Waals surface area (Å²) in [6.07, 6.45) is 2.71. The van der Waals surface area contributed by atoms with E-state index in [1.54, 1.807) is 30.5 Å². The Labute approximate surface area is 180 Å². The van der Waals surface area contributed by atoms with E-state index in [1.165, 1.54) is 28.9 Å². The summed E-state index contributed by atoms with van der Waals surface area (Å²) < 4.78 is 33.9. The Morgan fingerprint density at radius 1 is 1.00 bits per heavy atom. The molecule has 1 aromatic heterocycles. The third-order valence-electron chi connectivity index (χ3n) is 5.44. The molecule has 2 unspecified atom stereocenters. The van der Waals surface area contributed by atoms with Crippen LogP contribution in [-0.4, -0.2) is 33.7 Å². The first kappa shape index (κ1) is 21.0. The molecule has 1 saturated heterocycles. The summed E-state index contributed by atoms with van der Waals surface area (Å²) in [5, 5.41) is 4.48. The highest BCUT2D eigenvalue weighted by atomic mass is 19.1. The first-order chi connectivity index (χ1) is 14.9. The molecule has 2 aromatic carbocycles. The van der Waals surface area contributed by atoms with Crippen LogP contribution >= 0.6 is 0 Å². The number of hydrogen-bond acceptors (Lipinski definition) is 3. The van der Waals surface area contributed by atoms with Crippen molar-refractivity contribution in [2.75, 3.05) is 13.1 Å². The van der Waals surface area contributed by atoms with Crippen LogP contribution in [0.25, 0.3) is 5.69 Å². The van der Waals surface area contributed by atoms with Crippen molar-refractivity contribution in [2.45, 2.75) is 26.9 Å². The molecule has 0 N–H and O–H groups in total. The highest BCUT2D eigenvalue weighted by molar-refractivity contribution is 5.95. The number of amides is 1. The highest BCUT2D eigenvalue weighted by Crippen LogP contribution is 2.27. The average Bonchev–Trinajstić information content (AvgIpc) is 3.17. The van der Waals surface area contributed by atoms with Crippen LogP contribution in [0, 0.1) is 23.5 Å². The van der Waals surface area contributed by atoms with Crippen LogP contribution < -0.4 is 4.74 Å². The zero-order chi connectivity index (χ0) is 22.0. The molecule has 1 aliphatic heterocycles. The third kappa shape index (κ3) is 4.93. The maximum absolute atomic E-state index is 13.3. The number of carbonyl (C=O) groups excluding carboxylic acids is 1. The first-order valence-electron chi connectivity index (χ1n) is 10.4. The molecule has 2 atom stereocenters. The van der Waals surface area contributed by atoms with Gasteiger partial charge >= 0.3 is 0 Å². The second-order valence-electron chi connectivity index (χ2n) is 8.33. The number of ether oxygens (including phenoxy) is 1. The van der Waals surface area contributed by atoms with Crippen LogP contribution in [0.5, 0.6) is 5.75 Å². The van der Waals surface area contributed by atoms with Gasteiger partial charge in [-0.3, -0.25) is 4.79 Å². The molecule has 4 rings (SSSR count). The van der Waals surface area contributed by atoms with Gasteiger partial charge < -0.3 is 9.64 Å². The van der Waals surface area contributed by atoms with E-state index in [1.807, 2.05) is 4.90 Å². The van der Waals surface area contributed by atoms with Gasteiger partial charge in [-0.15, -0.1) is 0 Å². The van der Waals surface area contributed by atoms with Gasteiger partial charge in [0.05, 0.1) is 11.9 Å². The Balaban J connectivity index is 1.63. The maximum atomic E-state index is 13.3. The molecule has 162 valence electrons. The van der Waals surface area contributed by atoms with Crippen LogP contribution in [0.4, 0.5) is 8.78 Å². The molecule has 0 saturated carbocycles. The summed E-state index contributed by atoms with van der Waals surface area (Å²) in [7, 11) is 0. The summed E-state index contributed by atoms with van der Waals surface area (Å²) in [6.45, 7) is 5.79. The normalized spacial score (nSPS) is 18.8. The largest absolute Gasteiger partial charge is 0.485 e. The zero-order valence-corrected chi connectivity index (χ0v) is 17.6. The Hall–Kier alpha value is -3.22. The van der Waals surface area contributed by atoms with Crippen molar-refractivity contribution in [1.29, 1.82) is 0 Å². The molecule has 0 spiro atoms. The molecule has 3 aromatic rings. The van der Waals surface area contributed by atoms with E-state index in [2.05, 4.69) is 18.9 Å². The SMILES string of the molecule is CC1CC(C)CN(C(=O)c2nn(-c3ccc(F)cc3)cc2OCc2ccc(F)cc2)C1. The Kier molecular flexibility index (Phi) is 6.02. The standard InChI is InChI=1S/C24H25F2N3O2/c1-16-11-17(2)13-28(12-16)24(30)23-22(31-15-18-3-5-19(25)6-4-18)14-29(27-23)21-9-7-20(26)8-10-21/h3-10,14,16-17H,11-13,15H2,1-2H3. The Bertz CT molecular complexity index is 1040. The van der Waals surface area contributed by atoms with Gasteiger partial charge in [-0.25, -0.2) is 13.5 Å². The summed E-state index contributed by atoms with van der Waals surface area (Å²) >= 11 is 0. The summed E-state index contributed by atoms with van der Waals surface area (Å²) in [5.74, 6) is 0.303. The van der Waals surface area contributed by atoms with Crippen LogP contribution in [0.3, 0.4) is 0 Å². The predicted molar refractivity (Wildman–Crippen MR) is 113 cm³/mol. The smallest absolute Gasteiger partial charge is 0.278 e. The third-order valence-corrected chi connectivity index (χ3v) is 5.44. The minimum absolute atomic E-state index is 0.169. The molecule has 1 amide bonds. The van der Waals surface area contributed by atoms with E-state index in [9.17, 15) is 13.6 Å². The van der Waals surface area contributed by atoms with E-state index in [0.29, 0.717) is 36.4 Å². The number of carbonyl (C=O) groups is 1. The molecule has 0 bridgehead atoms. The lowest BCUT2D eigenvalue weighted by Crippen LogP contribution is -2.42. The van der Waals surface area contributed by atoms with Gasteiger partial charge in [-0.2, -0.15) is 5.10 Å². The number of benzene rings is 2. The molecule has 1 aliphatic rings. The molecular weight excluding hydrogens is 400 g/mol. The van der Waals surface area contributed by atoms with E-state index < -0.39 is 0 Å². The minimum atomic E-state index is -0.351. The van der Waals surface area contributed by atoms with Gasteiger partial charge in [-0.1, -0.05) is 26.0 Å². The second kappa shape index (κ2) is 8.88. The summed E-state index contributed by atoms with van der Waals surface area (Å²) in [4.78, 5) is 15.1. The van der Waals surface area contributed by atoms with Crippen LogP contribution in [0.1, 0.15) is 36.3 Å². The van der Waals surface area contributed by atoms with E-state index >= 15 is 0 Å². The van der Waals surface area contributed by atoms with Gasteiger partial charge in [0.1, 0.15) is 18.2 Å². The van der Waals surface area contributed by atoms with Gasteiger partial charge in [0, 0.05) is 13.1 Å². The average molecular weight is 425 g/mol. The molecule has 1 fully saturated rings. The molecule has 0 radical (unpaired) electrons. The second-order valence-corrected chi connectivity index (χ2v) is 8.33. The van der Waals surface area contributed by atoms with Crippen LogP contribution in [0.2, 0.25) is 0 Å². The van der Waals surface area contributed by atoms with Crippen molar-refractivity contribution in [3.63, 3.8) is 0 Å². The van der Waals surface area contributed by atoms with E-state index in [4.69, 9.17) is 4.74 Å². The number of hydrogen-bond donors (Lipinski definition) is 0. The van der Waals surface area contributed by atoms with E-state index in [-0.39, 0.29) is 29.8 Å². The van der Waals surface area contributed by atoms with Gasteiger partial charge in [0.25, 0.3) is 5.91 Å². The van der Waals surface area contributed by atoms with Crippen molar-refractivity contribution in [1.82, 2.24) is 14.7 Å². The lowest BCUT2D eigenvalue weighted by Gasteiger charge is -2.34. The Morgan fingerprint density at radius 3 is 2.19 bits per heavy atom. The number of rotatable bonds is 5. The maximum Gasteiger partial charge on any atom is 0.278 e. The van der Waals surface area contributed by atoms with Gasteiger partial charge in [0.15, 0.2) is 11.4 Å². The Morgan fingerprint density at radius 2 is 1.58 bits per heavy atom. The van der Waals surface area contributed by atoms with Crippen molar-refractivity contribution >= 4 is 5.91 Å². The van der Waals surface area contributed by atoms with Crippen LogP contribution in [0.15, 0.2) is 54.7 Å². The molecule has 0 aliphatic carbocycles. The van der Waals surface area contributed by atoms with Crippen molar-refractivity contribution < 1.29 is 18.3 Å².